The lowest BCUT2D eigenvalue weighted by Crippen LogP contribution is -2.26. The van der Waals surface area contributed by atoms with Gasteiger partial charge in [0.2, 0.25) is 0 Å². The van der Waals surface area contributed by atoms with E-state index in [1.165, 1.54) is 36.1 Å². The molecule has 2 heterocycles. The molecule has 0 aliphatic carbocycles. The number of hydrogen-bond donors (Lipinski definition) is 0. The molecule has 0 saturated heterocycles. The summed E-state index contributed by atoms with van der Waals surface area (Å²) in [5.74, 6) is 0.895. The lowest BCUT2D eigenvalue weighted by molar-refractivity contribution is 0.411. The van der Waals surface area contributed by atoms with Crippen LogP contribution < -0.4 is 19.3 Å². The van der Waals surface area contributed by atoms with Crippen LogP contribution in [0.15, 0.2) is 97.7 Å². The maximum Gasteiger partial charge on any atom is 0.255 e. The Bertz CT molecular complexity index is 1690. The van der Waals surface area contributed by atoms with Gasteiger partial charge in [-0.1, -0.05) is 17.3 Å². The number of ether oxygens (including phenoxy) is 2. The molecule has 38 heavy (non-hydrogen) atoms. The molecule has 0 aliphatic heterocycles. The Morgan fingerprint density at radius 1 is 1.03 bits per heavy atom. The molecule has 11 heteroatoms. The van der Waals surface area contributed by atoms with Crippen molar-refractivity contribution in [3.05, 3.63) is 105 Å². The highest BCUT2D eigenvalue weighted by Gasteiger charge is 2.21. The van der Waals surface area contributed by atoms with Gasteiger partial charge in [0.1, 0.15) is 23.6 Å². The maximum atomic E-state index is 14.4. The van der Waals surface area contributed by atoms with Gasteiger partial charge < -0.3 is 14.0 Å². The van der Waals surface area contributed by atoms with E-state index in [1.54, 1.807) is 41.7 Å². The van der Waals surface area contributed by atoms with Gasteiger partial charge in [-0.05, 0) is 64.0 Å². The van der Waals surface area contributed by atoms with Crippen LogP contribution >= 0.6 is 15.9 Å². The summed E-state index contributed by atoms with van der Waals surface area (Å²) < 4.78 is 47.1. The van der Waals surface area contributed by atoms with Gasteiger partial charge in [0.25, 0.3) is 5.56 Å². The SMILES string of the molecule is COc1ccc(CN(c2ccon2)S(=O)c2ccc3c(ccc(=O)n3-c3cc(F)c(Br)cc3OC)c2)cc1. The van der Waals surface area contributed by atoms with Crippen LogP contribution in [0.2, 0.25) is 0 Å². The van der Waals surface area contributed by atoms with E-state index in [0.717, 1.165) is 5.56 Å². The minimum atomic E-state index is -1.68. The largest absolute Gasteiger partial charge is 0.497 e. The number of hydrogen-bond acceptors (Lipinski definition) is 6. The second-order valence-electron chi connectivity index (χ2n) is 8.16. The van der Waals surface area contributed by atoms with Crippen molar-refractivity contribution in [2.24, 2.45) is 0 Å². The molecule has 1 unspecified atom stereocenters. The summed E-state index contributed by atoms with van der Waals surface area (Å²) in [6, 6.07) is 19.8. The Morgan fingerprint density at radius 2 is 1.82 bits per heavy atom. The molecule has 5 rings (SSSR count). The lowest BCUT2D eigenvalue weighted by Gasteiger charge is -2.21. The van der Waals surface area contributed by atoms with Crippen molar-refractivity contribution < 1.29 is 22.6 Å². The second kappa shape index (κ2) is 10.8. The van der Waals surface area contributed by atoms with Crippen LogP contribution in [0.4, 0.5) is 10.2 Å². The molecular formula is C27H21BrFN3O5S. The molecule has 0 N–H and O–H groups in total. The van der Waals surface area contributed by atoms with Crippen molar-refractivity contribution in [3.63, 3.8) is 0 Å². The van der Waals surface area contributed by atoms with Crippen LogP contribution in [0, 0.1) is 5.82 Å². The van der Waals surface area contributed by atoms with Crippen LogP contribution in [0.3, 0.4) is 0 Å². The Morgan fingerprint density at radius 3 is 2.50 bits per heavy atom. The number of anilines is 1. The summed E-state index contributed by atoms with van der Waals surface area (Å²) in [5.41, 5.74) is 1.28. The zero-order chi connectivity index (χ0) is 26.8. The molecular weight excluding hydrogens is 577 g/mol. The first-order chi connectivity index (χ1) is 18.4. The van der Waals surface area contributed by atoms with Crippen LogP contribution in [0.1, 0.15) is 5.56 Å². The number of nitrogens with zero attached hydrogens (tertiary/aromatic N) is 3. The predicted octanol–water partition coefficient (Wildman–Crippen LogP) is 5.63. The predicted molar refractivity (Wildman–Crippen MR) is 146 cm³/mol. The van der Waals surface area contributed by atoms with Crippen molar-refractivity contribution in [1.29, 1.82) is 0 Å². The third-order valence-corrected chi connectivity index (χ3v) is 7.88. The summed E-state index contributed by atoms with van der Waals surface area (Å²) in [5, 5.41) is 4.62. The van der Waals surface area contributed by atoms with Crippen molar-refractivity contribution in [2.45, 2.75) is 11.4 Å². The highest BCUT2D eigenvalue weighted by Crippen LogP contribution is 2.31. The first-order valence-electron chi connectivity index (χ1n) is 11.3. The third kappa shape index (κ3) is 4.94. The van der Waals surface area contributed by atoms with E-state index in [4.69, 9.17) is 14.0 Å². The van der Waals surface area contributed by atoms with Crippen molar-refractivity contribution in [3.8, 4) is 17.2 Å². The molecule has 0 spiro atoms. The summed E-state index contributed by atoms with van der Waals surface area (Å²) in [6.07, 6.45) is 1.41. The smallest absolute Gasteiger partial charge is 0.255 e. The van der Waals surface area contributed by atoms with E-state index in [-0.39, 0.29) is 22.3 Å². The van der Waals surface area contributed by atoms with Crippen LogP contribution in [0.25, 0.3) is 16.6 Å². The van der Waals surface area contributed by atoms with E-state index in [2.05, 4.69) is 21.1 Å². The van der Waals surface area contributed by atoms with Gasteiger partial charge in [0, 0.05) is 23.6 Å². The number of rotatable bonds is 8. The fourth-order valence-electron chi connectivity index (χ4n) is 4.02. The number of fused-ring (bicyclic) bond motifs is 1. The van der Waals surface area contributed by atoms with E-state index in [9.17, 15) is 13.4 Å². The zero-order valence-corrected chi connectivity index (χ0v) is 22.7. The molecule has 0 saturated carbocycles. The molecule has 0 aliphatic rings. The monoisotopic (exact) mass is 597 g/mol. The summed E-state index contributed by atoms with van der Waals surface area (Å²) >= 11 is 3.15. The first kappa shape index (κ1) is 25.7. The van der Waals surface area contributed by atoms with E-state index < -0.39 is 16.8 Å². The van der Waals surface area contributed by atoms with Gasteiger partial charge in [-0.15, -0.1) is 0 Å². The quantitative estimate of drug-likeness (QED) is 0.230. The lowest BCUT2D eigenvalue weighted by atomic mass is 10.2. The van der Waals surface area contributed by atoms with Crippen LogP contribution in [-0.4, -0.2) is 28.2 Å². The molecule has 0 amide bonds. The third-order valence-electron chi connectivity index (χ3n) is 5.90. The Kier molecular flexibility index (Phi) is 7.30. The Labute approximate surface area is 227 Å². The van der Waals surface area contributed by atoms with Gasteiger partial charge in [-0.3, -0.25) is 13.7 Å². The van der Waals surface area contributed by atoms with Gasteiger partial charge in [0.05, 0.1) is 41.3 Å². The average Bonchev–Trinajstić information content (AvgIpc) is 3.47. The summed E-state index contributed by atoms with van der Waals surface area (Å²) in [4.78, 5) is 13.4. The highest BCUT2D eigenvalue weighted by atomic mass is 79.9. The second-order valence-corrected chi connectivity index (χ2v) is 10.4. The number of halogens is 2. The van der Waals surface area contributed by atoms with Crippen molar-refractivity contribution >= 4 is 43.6 Å². The Hall–Kier alpha value is -3.96. The number of benzene rings is 3. The average molecular weight is 598 g/mol. The number of aromatic nitrogens is 2. The highest BCUT2D eigenvalue weighted by molar-refractivity contribution is 9.10. The fraction of sp³-hybridized carbons (Fsp3) is 0.111. The van der Waals surface area contributed by atoms with Crippen molar-refractivity contribution in [1.82, 2.24) is 9.72 Å². The first-order valence-corrected chi connectivity index (χ1v) is 13.2. The molecule has 2 aromatic heterocycles. The number of pyridine rings is 1. The minimum absolute atomic E-state index is 0.217. The normalized spacial score (nSPS) is 11.9. The van der Waals surface area contributed by atoms with E-state index >= 15 is 0 Å². The van der Waals surface area contributed by atoms with Crippen molar-refractivity contribution in [2.75, 3.05) is 18.5 Å². The van der Waals surface area contributed by atoms with Gasteiger partial charge in [0.15, 0.2) is 16.8 Å². The Balaban J connectivity index is 1.57. The van der Waals surface area contributed by atoms with Gasteiger partial charge in [-0.25, -0.2) is 8.60 Å². The summed E-state index contributed by atoms with van der Waals surface area (Å²) in [7, 11) is 1.36. The van der Waals surface area contributed by atoms with Crippen LogP contribution in [-0.2, 0) is 17.5 Å². The molecule has 1 atom stereocenters. The maximum absolute atomic E-state index is 14.4. The molecule has 194 valence electrons. The van der Waals surface area contributed by atoms with E-state index in [1.807, 2.05) is 24.3 Å². The van der Waals surface area contributed by atoms with E-state index in [0.29, 0.717) is 33.1 Å². The van der Waals surface area contributed by atoms with Crippen LogP contribution in [0.5, 0.6) is 11.5 Å². The topological polar surface area (TPSA) is 86.8 Å². The molecule has 0 bridgehead atoms. The molecule has 3 aromatic carbocycles. The molecule has 8 nitrogen and oxygen atoms in total. The minimum Gasteiger partial charge on any atom is -0.497 e. The standard InChI is InChI=1S/C27H21BrFN3O5S/c1-35-19-6-3-17(4-7-19)16-31(26-11-12-37-30-26)38(34)20-8-9-23-18(13-20)5-10-27(33)32(23)24-15-22(29)21(28)14-25(24)36-2/h3-15H,16H2,1-2H3. The summed E-state index contributed by atoms with van der Waals surface area (Å²) in [6.45, 7) is 0.288. The zero-order valence-electron chi connectivity index (χ0n) is 20.3. The molecule has 5 aromatic rings. The molecule has 0 radical (unpaired) electrons. The van der Waals surface area contributed by atoms with Gasteiger partial charge in [-0.2, -0.15) is 0 Å². The van der Waals surface area contributed by atoms with Gasteiger partial charge >= 0.3 is 0 Å². The fourth-order valence-corrected chi connectivity index (χ4v) is 5.54. The number of methoxy groups -OCH3 is 2. The molecule has 0 fully saturated rings.